The molecule has 3 aromatic rings. The van der Waals surface area contributed by atoms with Crippen molar-refractivity contribution in [2.75, 3.05) is 5.43 Å². The number of benzene rings is 2. The van der Waals surface area contributed by atoms with E-state index in [4.69, 9.17) is 4.74 Å². The summed E-state index contributed by atoms with van der Waals surface area (Å²) < 4.78 is 18.4. The maximum atomic E-state index is 12.7. The van der Waals surface area contributed by atoms with Crippen molar-refractivity contribution in [3.8, 4) is 5.75 Å². The lowest BCUT2D eigenvalue weighted by Gasteiger charge is -2.09. The highest BCUT2D eigenvalue weighted by Crippen LogP contribution is 2.14. The van der Waals surface area contributed by atoms with Gasteiger partial charge in [-0.25, -0.2) is 4.98 Å². The Morgan fingerprint density at radius 2 is 1.76 bits per heavy atom. The first-order valence-corrected chi connectivity index (χ1v) is 7.65. The zero-order valence-electron chi connectivity index (χ0n) is 13.3. The number of pyridine rings is 1. The molecule has 1 amide bonds. The third-order valence-electron chi connectivity index (χ3n) is 3.41. The van der Waals surface area contributed by atoms with E-state index in [1.54, 1.807) is 24.3 Å². The molecular formula is C19H16FN3O2. The van der Waals surface area contributed by atoms with Crippen LogP contribution < -0.4 is 15.6 Å². The van der Waals surface area contributed by atoms with Crippen molar-refractivity contribution in [2.24, 2.45) is 0 Å². The molecule has 0 fully saturated rings. The van der Waals surface area contributed by atoms with E-state index in [-0.39, 0.29) is 5.91 Å². The molecule has 0 bridgehead atoms. The van der Waals surface area contributed by atoms with Gasteiger partial charge in [-0.05, 0) is 42.0 Å². The van der Waals surface area contributed by atoms with Gasteiger partial charge in [0.1, 0.15) is 12.4 Å². The monoisotopic (exact) mass is 337 g/mol. The smallest absolute Gasteiger partial charge is 0.269 e. The molecule has 1 heterocycles. The normalized spacial score (nSPS) is 10.1. The first kappa shape index (κ1) is 16.4. The predicted molar refractivity (Wildman–Crippen MR) is 92.5 cm³/mol. The maximum Gasteiger partial charge on any atom is 0.269 e. The van der Waals surface area contributed by atoms with Crippen LogP contribution in [-0.4, -0.2) is 10.9 Å². The standard InChI is InChI=1S/C19H16FN3O2/c20-18-11-8-16(12-21-18)22-23-19(24)15-6-9-17(10-7-15)25-13-14-4-2-1-3-5-14/h1-12,22H,13H2,(H,23,24). The molecule has 0 radical (unpaired) electrons. The Kier molecular flexibility index (Phi) is 5.21. The minimum Gasteiger partial charge on any atom is -0.489 e. The summed E-state index contributed by atoms with van der Waals surface area (Å²) >= 11 is 0. The highest BCUT2D eigenvalue weighted by Gasteiger charge is 2.05. The van der Waals surface area contributed by atoms with Gasteiger partial charge in [0, 0.05) is 5.56 Å². The lowest BCUT2D eigenvalue weighted by molar-refractivity contribution is 0.0962. The average Bonchev–Trinajstić information content (AvgIpc) is 2.67. The molecule has 2 N–H and O–H groups in total. The summed E-state index contributed by atoms with van der Waals surface area (Å²) in [5.74, 6) is -0.224. The Morgan fingerprint density at radius 1 is 1.00 bits per heavy atom. The highest BCUT2D eigenvalue weighted by molar-refractivity contribution is 5.94. The Balaban J connectivity index is 1.52. The fourth-order valence-corrected chi connectivity index (χ4v) is 2.09. The van der Waals surface area contributed by atoms with Gasteiger partial charge in [0.25, 0.3) is 5.91 Å². The van der Waals surface area contributed by atoms with E-state index in [0.717, 1.165) is 5.56 Å². The Bertz CT molecular complexity index is 822. The zero-order chi connectivity index (χ0) is 17.5. The second-order valence-corrected chi connectivity index (χ2v) is 5.25. The summed E-state index contributed by atoms with van der Waals surface area (Å²) in [7, 11) is 0. The number of carbonyl (C=O) groups excluding carboxylic acids is 1. The number of hydrogen-bond donors (Lipinski definition) is 2. The van der Waals surface area contributed by atoms with Crippen LogP contribution in [0, 0.1) is 5.95 Å². The minimum absolute atomic E-state index is 0.320. The van der Waals surface area contributed by atoms with E-state index in [2.05, 4.69) is 15.8 Å². The lowest BCUT2D eigenvalue weighted by atomic mass is 10.2. The molecule has 126 valence electrons. The van der Waals surface area contributed by atoms with Gasteiger partial charge in [0.05, 0.1) is 11.9 Å². The molecule has 0 aliphatic carbocycles. The number of hydrazine groups is 1. The van der Waals surface area contributed by atoms with E-state index in [1.807, 2.05) is 30.3 Å². The largest absolute Gasteiger partial charge is 0.489 e. The number of nitrogens with zero attached hydrogens (tertiary/aromatic N) is 1. The number of carbonyl (C=O) groups is 1. The molecule has 0 saturated heterocycles. The summed E-state index contributed by atoms with van der Waals surface area (Å²) in [6, 6.07) is 19.3. The van der Waals surface area contributed by atoms with Crippen molar-refractivity contribution in [3.63, 3.8) is 0 Å². The van der Waals surface area contributed by atoms with Crippen LogP contribution in [0.3, 0.4) is 0 Å². The quantitative estimate of drug-likeness (QED) is 0.533. The first-order valence-electron chi connectivity index (χ1n) is 7.65. The topological polar surface area (TPSA) is 63.2 Å². The first-order chi connectivity index (χ1) is 12.2. The summed E-state index contributed by atoms with van der Waals surface area (Å²) in [6.45, 7) is 0.464. The number of nitrogens with one attached hydrogen (secondary N) is 2. The van der Waals surface area contributed by atoms with Crippen LogP contribution in [0.5, 0.6) is 5.75 Å². The molecule has 3 rings (SSSR count). The Morgan fingerprint density at radius 3 is 2.44 bits per heavy atom. The van der Waals surface area contributed by atoms with E-state index >= 15 is 0 Å². The van der Waals surface area contributed by atoms with Crippen LogP contribution in [0.25, 0.3) is 0 Å². The van der Waals surface area contributed by atoms with Gasteiger partial charge in [-0.15, -0.1) is 0 Å². The van der Waals surface area contributed by atoms with Crippen molar-refractivity contribution < 1.29 is 13.9 Å². The summed E-state index contributed by atoms with van der Waals surface area (Å²) in [5.41, 5.74) is 7.21. The number of anilines is 1. The van der Waals surface area contributed by atoms with Gasteiger partial charge in [0.15, 0.2) is 0 Å². The van der Waals surface area contributed by atoms with Gasteiger partial charge in [-0.1, -0.05) is 30.3 Å². The molecule has 6 heteroatoms. The molecule has 1 aromatic heterocycles. The molecule has 0 atom stereocenters. The number of halogens is 1. The maximum absolute atomic E-state index is 12.7. The molecule has 0 aliphatic rings. The third-order valence-corrected chi connectivity index (χ3v) is 3.41. The predicted octanol–water partition coefficient (Wildman–Crippen LogP) is 3.56. The van der Waals surface area contributed by atoms with Gasteiger partial charge in [-0.3, -0.25) is 15.6 Å². The van der Waals surface area contributed by atoms with Crippen LogP contribution in [0.15, 0.2) is 72.9 Å². The van der Waals surface area contributed by atoms with Crippen molar-refractivity contribution in [3.05, 3.63) is 90.0 Å². The van der Waals surface area contributed by atoms with Crippen LogP contribution in [0.2, 0.25) is 0 Å². The summed E-state index contributed by atoms with van der Waals surface area (Å²) in [4.78, 5) is 15.6. The van der Waals surface area contributed by atoms with E-state index in [1.165, 1.54) is 18.3 Å². The Hall–Kier alpha value is -3.41. The highest BCUT2D eigenvalue weighted by atomic mass is 19.1. The molecule has 5 nitrogen and oxygen atoms in total. The SMILES string of the molecule is O=C(NNc1ccc(F)nc1)c1ccc(OCc2ccccc2)cc1. The van der Waals surface area contributed by atoms with Gasteiger partial charge >= 0.3 is 0 Å². The van der Waals surface area contributed by atoms with Crippen LogP contribution in [0.4, 0.5) is 10.1 Å². The van der Waals surface area contributed by atoms with Crippen molar-refractivity contribution >= 4 is 11.6 Å². The fourth-order valence-electron chi connectivity index (χ4n) is 2.09. The molecule has 0 spiro atoms. The van der Waals surface area contributed by atoms with Crippen molar-refractivity contribution in [1.29, 1.82) is 0 Å². The molecule has 0 unspecified atom stereocenters. The lowest BCUT2D eigenvalue weighted by Crippen LogP contribution is -2.29. The molecule has 2 aromatic carbocycles. The summed E-state index contributed by atoms with van der Waals surface area (Å²) in [5, 5.41) is 0. The van der Waals surface area contributed by atoms with Gasteiger partial charge in [0.2, 0.25) is 5.95 Å². The third kappa shape index (κ3) is 4.78. The number of rotatable bonds is 6. The molecule has 0 aliphatic heterocycles. The van der Waals surface area contributed by atoms with Gasteiger partial charge in [-0.2, -0.15) is 4.39 Å². The number of ether oxygens (including phenoxy) is 1. The number of aromatic nitrogens is 1. The van der Waals surface area contributed by atoms with Gasteiger partial charge < -0.3 is 4.74 Å². The fraction of sp³-hybridized carbons (Fsp3) is 0.0526. The van der Waals surface area contributed by atoms with E-state index < -0.39 is 5.95 Å². The van der Waals surface area contributed by atoms with Crippen molar-refractivity contribution in [1.82, 2.24) is 10.4 Å². The molecule has 0 saturated carbocycles. The van der Waals surface area contributed by atoms with E-state index in [9.17, 15) is 9.18 Å². The molecule has 25 heavy (non-hydrogen) atoms. The van der Waals surface area contributed by atoms with Crippen LogP contribution in [0.1, 0.15) is 15.9 Å². The second kappa shape index (κ2) is 7.92. The Labute approximate surface area is 144 Å². The second-order valence-electron chi connectivity index (χ2n) is 5.25. The zero-order valence-corrected chi connectivity index (χ0v) is 13.3. The minimum atomic E-state index is -0.581. The number of hydrogen-bond acceptors (Lipinski definition) is 4. The van der Waals surface area contributed by atoms with Crippen molar-refractivity contribution in [2.45, 2.75) is 6.61 Å². The summed E-state index contributed by atoms with van der Waals surface area (Å²) in [6.07, 6.45) is 1.29. The average molecular weight is 337 g/mol. The van der Waals surface area contributed by atoms with Crippen LogP contribution in [-0.2, 0) is 6.61 Å². The number of amides is 1. The molecular weight excluding hydrogens is 321 g/mol. The van der Waals surface area contributed by atoms with Crippen LogP contribution >= 0.6 is 0 Å². The van der Waals surface area contributed by atoms with E-state index in [0.29, 0.717) is 23.6 Å².